The molecule has 0 saturated carbocycles. The number of nitrogens with two attached hydrogens (primary N) is 3. The van der Waals surface area contributed by atoms with E-state index in [1.165, 1.54) is 6.08 Å². The highest BCUT2D eigenvalue weighted by atomic mass is 16.1. The van der Waals surface area contributed by atoms with Gasteiger partial charge >= 0.3 is 0 Å². The van der Waals surface area contributed by atoms with Gasteiger partial charge in [0.1, 0.15) is 0 Å². The van der Waals surface area contributed by atoms with E-state index >= 15 is 0 Å². The zero-order valence-electron chi connectivity index (χ0n) is 9.63. The summed E-state index contributed by atoms with van der Waals surface area (Å²) in [5.41, 5.74) is 19.2. The number of allylic oxidation sites excluding steroid dienone is 2. The Kier molecular flexibility index (Phi) is 2.20. The lowest BCUT2D eigenvalue weighted by molar-refractivity contribution is 0.0985. The van der Waals surface area contributed by atoms with Crippen LogP contribution in [0.4, 0.5) is 17.1 Å². The summed E-state index contributed by atoms with van der Waals surface area (Å²) < 4.78 is 0. The highest BCUT2D eigenvalue weighted by molar-refractivity contribution is 6.29. The van der Waals surface area contributed by atoms with E-state index in [9.17, 15) is 9.59 Å². The van der Waals surface area contributed by atoms with E-state index in [0.29, 0.717) is 11.1 Å². The number of ketones is 2. The molecule has 5 nitrogen and oxygen atoms in total. The van der Waals surface area contributed by atoms with Gasteiger partial charge in [-0.15, -0.1) is 0 Å². The Morgan fingerprint density at radius 3 is 2.06 bits per heavy atom. The Balaban J connectivity index is 2.93. The SMILES string of the molecule is CC1=CC(=O)c2c(N)c(N)c(C)c(N)c2C1=O. The Hall–Kier alpha value is -2.30. The molecule has 1 aromatic carbocycles. The van der Waals surface area contributed by atoms with Crippen molar-refractivity contribution in [3.63, 3.8) is 0 Å². The van der Waals surface area contributed by atoms with Gasteiger partial charge in [0.15, 0.2) is 11.6 Å². The van der Waals surface area contributed by atoms with Crippen molar-refractivity contribution in [2.75, 3.05) is 17.2 Å². The zero-order chi connectivity index (χ0) is 12.9. The third-order valence-electron chi connectivity index (χ3n) is 3.07. The lowest BCUT2D eigenvalue weighted by atomic mass is 9.85. The van der Waals surface area contributed by atoms with E-state index in [2.05, 4.69) is 0 Å². The number of fused-ring (bicyclic) bond motifs is 1. The first-order valence-corrected chi connectivity index (χ1v) is 5.10. The fourth-order valence-electron chi connectivity index (χ4n) is 1.96. The molecule has 1 aliphatic carbocycles. The summed E-state index contributed by atoms with van der Waals surface area (Å²) in [6.45, 7) is 3.25. The van der Waals surface area contributed by atoms with Gasteiger partial charge in [0.25, 0.3) is 0 Å². The predicted octanol–water partition coefficient (Wildman–Crippen LogP) is 1.07. The average Bonchev–Trinajstić information content (AvgIpc) is 2.28. The number of hydrogen-bond acceptors (Lipinski definition) is 5. The molecule has 0 saturated heterocycles. The lowest BCUT2D eigenvalue weighted by Crippen LogP contribution is -2.21. The number of hydrogen-bond donors (Lipinski definition) is 3. The van der Waals surface area contributed by atoms with E-state index in [4.69, 9.17) is 17.2 Å². The zero-order valence-corrected chi connectivity index (χ0v) is 9.63. The molecular formula is C12H13N3O2. The number of benzene rings is 1. The van der Waals surface area contributed by atoms with Crippen molar-refractivity contribution in [1.82, 2.24) is 0 Å². The fraction of sp³-hybridized carbons (Fsp3) is 0.167. The minimum atomic E-state index is -0.326. The molecular weight excluding hydrogens is 218 g/mol. The van der Waals surface area contributed by atoms with Crippen molar-refractivity contribution < 1.29 is 9.59 Å². The van der Waals surface area contributed by atoms with Gasteiger partial charge in [0, 0.05) is 11.3 Å². The van der Waals surface area contributed by atoms with Gasteiger partial charge in [-0.2, -0.15) is 0 Å². The van der Waals surface area contributed by atoms with E-state index in [1.54, 1.807) is 13.8 Å². The summed E-state index contributed by atoms with van der Waals surface area (Å²) >= 11 is 0. The van der Waals surface area contributed by atoms with Crippen LogP contribution in [0.15, 0.2) is 11.6 Å². The third kappa shape index (κ3) is 1.32. The van der Waals surface area contributed by atoms with Crippen LogP contribution in [0.5, 0.6) is 0 Å². The van der Waals surface area contributed by atoms with Gasteiger partial charge in [0.2, 0.25) is 0 Å². The van der Waals surface area contributed by atoms with Crippen LogP contribution >= 0.6 is 0 Å². The van der Waals surface area contributed by atoms with Gasteiger partial charge in [-0.3, -0.25) is 9.59 Å². The van der Waals surface area contributed by atoms with Crippen LogP contribution in [0.3, 0.4) is 0 Å². The Labute approximate surface area is 98.3 Å². The van der Waals surface area contributed by atoms with Gasteiger partial charge < -0.3 is 17.2 Å². The smallest absolute Gasteiger partial charge is 0.191 e. The number of anilines is 3. The monoisotopic (exact) mass is 231 g/mol. The van der Waals surface area contributed by atoms with Crippen LogP contribution in [0, 0.1) is 6.92 Å². The molecule has 0 radical (unpaired) electrons. The molecule has 1 aromatic rings. The van der Waals surface area contributed by atoms with Crippen molar-refractivity contribution >= 4 is 28.6 Å². The van der Waals surface area contributed by atoms with Crippen molar-refractivity contribution in [2.45, 2.75) is 13.8 Å². The van der Waals surface area contributed by atoms with Crippen molar-refractivity contribution in [3.05, 3.63) is 28.3 Å². The highest BCUT2D eigenvalue weighted by Crippen LogP contribution is 2.37. The summed E-state index contributed by atoms with van der Waals surface area (Å²) in [7, 11) is 0. The largest absolute Gasteiger partial charge is 0.398 e. The number of rotatable bonds is 0. The molecule has 0 amide bonds. The van der Waals surface area contributed by atoms with E-state index in [1.807, 2.05) is 0 Å². The summed E-state index contributed by atoms with van der Waals surface area (Å²) in [5.74, 6) is -0.597. The van der Waals surface area contributed by atoms with Crippen LogP contribution in [0.25, 0.3) is 0 Å². The first kappa shape index (κ1) is 11.2. The number of carbonyl (C=O) groups excluding carboxylic acids is 2. The van der Waals surface area contributed by atoms with Crippen LogP contribution < -0.4 is 17.2 Å². The van der Waals surface area contributed by atoms with Crippen LogP contribution in [0.2, 0.25) is 0 Å². The van der Waals surface area contributed by atoms with Gasteiger partial charge in [0.05, 0.1) is 22.5 Å². The van der Waals surface area contributed by atoms with E-state index in [0.717, 1.165) is 0 Å². The molecule has 0 atom stereocenters. The van der Waals surface area contributed by atoms with Gasteiger partial charge in [-0.1, -0.05) is 0 Å². The Bertz CT molecular complexity index is 601. The Morgan fingerprint density at radius 1 is 0.882 bits per heavy atom. The molecule has 17 heavy (non-hydrogen) atoms. The average molecular weight is 231 g/mol. The quantitative estimate of drug-likeness (QED) is 0.578. The summed E-state index contributed by atoms with van der Waals surface area (Å²) in [6, 6.07) is 0. The molecule has 2 rings (SSSR count). The minimum absolute atomic E-state index is 0.126. The first-order chi connectivity index (χ1) is 7.86. The van der Waals surface area contributed by atoms with Crippen LogP contribution in [-0.2, 0) is 0 Å². The molecule has 6 N–H and O–H groups in total. The topological polar surface area (TPSA) is 112 Å². The predicted molar refractivity (Wildman–Crippen MR) is 66.8 cm³/mol. The molecule has 0 heterocycles. The second-order valence-corrected chi connectivity index (χ2v) is 4.14. The summed E-state index contributed by atoms with van der Waals surface area (Å²) in [5, 5.41) is 0. The minimum Gasteiger partial charge on any atom is -0.398 e. The molecule has 0 aliphatic heterocycles. The fourth-order valence-corrected chi connectivity index (χ4v) is 1.96. The standard InChI is InChI=1S/C12H13N3O2/c1-4-3-6(16)7-8(12(4)17)9(13)5(2)10(14)11(7)15/h3H,13-15H2,1-2H3. The lowest BCUT2D eigenvalue weighted by Gasteiger charge is -2.20. The Morgan fingerprint density at radius 2 is 1.47 bits per heavy atom. The summed E-state index contributed by atoms with van der Waals surface area (Å²) in [4.78, 5) is 23.9. The number of carbonyl (C=O) groups is 2. The van der Waals surface area contributed by atoms with Crippen molar-refractivity contribution in [1.29, 1.82) is 0 Å². The van der Waals surface area contributed by atoms with E-state index in [-0.39, 0.29) is 39.8 Å². The molecule has 0 spiro atoms. The molecule has 0 aromatic heterocycles. The number of nitrogen functional groups attached to an aromatic ring is 3. The van der Waals surface area contributed by atoms with Crippen LogP contribution in [-0.4, -0.2) is 11.6 Å². The molecule has 5 heteroatoms. The first-order valence-electron chi connectivity index (χ1n) is 5.10. The van der Waals surface area contributed by atoms with Crippen molar-refractivity contribution in [3.8, 4) is 0 Å². The second-order valence-electron chi connectivity index (χ2n) is 4.14. The van der Waals surface area contributed by atoms with Crippen molar-refractivity contribution in [2.24, 2.45) is 0 Å². The van der Waals surface area contributed by atoms with Crippen LogP contribution in [0.1, 0.15) is 33.2 Å². The molecule has 0 bridgehead atoms. The third-order valence-corrected chi connectivity index (χ3v) is 3.07. The molecule has 1 aliphatic rings. The highest BCUT2D eigenvalue weighted by Gasteiger charge is 2.30. The molecule has 0 fully saturated rings. The van der Waals surface area contributed by atoms with Gasteiger partial charge in [-0.05, 0) is 25.5 Å². The maximum atomic E-state index is 12.0. The normalized spacial score (nSPS) is 14.6. The number of Topliss-reactive ketones (excluding diaryl/α,β-unsaturated/α-hetero) is 1. The summed E-state index contributed by atoms with van der Waals surface area (Å²) in [6.07, 6.45) is 1.26. The maximum absolute atomic E-state index is 12.0. The van der Waals surface area contributed by atoms with Gasteiger partial charge in [-0.25, -0.2) is 0 Å². The maximum Gasteiger partial charge on any atom is 0.191 e. The van der Waals surface area contributed by atoms with E-state index < -0.39 is 0 Å². The molecule has 88 valence electrons. The molecule has 0 unspecified atom stereocenters. The second kappa shape index (κ2) is 3.35.